The Morgan fingerprint density at radius 2 is 1.93 bits per heavy atom. The molecule has 3 rings (SSSR count). The zero-order chi connectivity index (χ0) is 20.8. The van der Waals surface area contributed by atoms with E-state index in [9.17, 15) is 14.9 Å². The first-order valence-electron chi connectivity index (χ1n) is 8.57. The van der Waals surface area contributed by atoms with Crippen molar-refractivity contribution >= 4 is 11.7 Å². The number of aromatic nitrogens is 2. The second-order valence-electron chi connectivity index (χ2n) is 5.65. The molecule has 0 radical (unpaired) electrons. The Morgan fingerprint density at radius 3 is 2.59 bits per heavy atom. The van der Waals surface area contributed by atoms with E-state index in [4.69, 9.17) is 18.6 Å². The highest BCUT2D eigenvalue weighted by Gasteiger charge is 2.26. The van der Waals surface area contributed by atoms with Gasteiger partial charge in [0.15, 0.2) is 18.1 Å². The summed E-state index contributed by atoms with van der Waals surface area (Å²) in [5, 5.41) is 19.1. The van der Waals surface area contributed by atoms with Crippen molar-refractivity contribution in [2.45, 2.75) is 13.5 Å². The van der Waals surface area contributed by atoms with Crippen molar-refractivity contribution in [2.24, 2.45) is 0 Å². The number of rotatable bonds is 8. The second-order valence-corrected chi connectivity index (χ2v) is 5.65. The van der Waals surface area contributed by atoms with Crippen LogP contribution in [-0.4, -0.2) is 34.8 Å². The first kappa shape index (κ1) is 19.8. The number of benzene rings is 2. The van der Waals surface area contributed by atoms with Crippen LogP contribution in [0.25, 0.3) is 11.5 Å². The smallest absolute Gasteiger partial charge is 0.345 e. The third kappa shape index (κ3) is 4.49. The van der Waals surface area contributed by atoms with Crippen LogP contribution in [0.2, 0.25) is 0 Å². The summed E-state index contributed by atoms with van der Waals surface area (Å²) in [5.74, 6) is -0.281. The van der Waals surface area contributed by atoms with Crippen molar-refractivity contribution < 1.29 is 28.3 Å². The molecule has 0 aliphatic carbocycles. The zero-order valence-corrected chi connectivity index (χ0v) is 15.7. The molecule has 10 nitrogen and oxygen atoms in total. The number of esters is 1. The number of nitrogens with zero attached hydrogens (tertiary/aromatic N) is 3. The summed E-state index contributed by atoms with van der Waals surface area (Å²) in [6.07, 6.45) is 0. The molecule has 1 heterocycles. The summed E-state index contributed by atoms with van der Waals surface area (Å²) in [4.78, 5) is 23.1. The maximum Gasteiger partial charge on any atom is 0.345 e. The van der Waals surface area contributed by atoms with Crippen molar-refractivity contribution in [1.29, 1.82) is 0 Å². The monoisotopic (exact) mass is 399 g/mol. The fraction of sp³-hybridized carbons (Fsp3) is 0.211. The van der Waals surface area contributed by atoms with Gasteiger partial charge in [-0.25, -0.2) is 4.79 Å². The molecule has 0 amide bonds. The van der Waals surface area contributed by atoms with E-state index in [1.807, 2.05) is 18.2 Å². The van der Waals surface area contributed by atoms with Crippen LogP contribution in [0.1, 0.15) is 23.2 Å². The quantitative estimate of drug-likeness (QED) is 0.318. The van der Waals surface area contributed by atoms with E-state index in [1.165, 1.54) is 13.2 Å². The molecule has 1 aromatic heterocycles. The van der Waals surface area contributed by atoms with Gasteiger partial charge in [0.05, 0.1) is 24.7 Å². The largest absolute Gasteiger partial charge is 0.493 e. The molecule has 0 aliphatic rings. The molecule has 29 heavy (non-hydrogen) atoms. The van der Waals surface area contributed by atoms with Crippen LogP contribution < -0.4 is 9.47 Å². The van der Waals surface area contributed by atoms with E-state index >= 15 is 0 Å². The maximum atomic E-state index is 12.4. The van der Waals surface area contributed by atoms with Crippen molar-refractivity contribution in [3.8, 4) is 23.0 Å². The normalized spacial score (nSPS) is 10.4. The number of hydrogen-bond donors (Lipinski definition) is 0. The molecule has 0 spiro atoms. The standard InChI is InChI=1S/C19H17N3O7/c1-3-27-16-10-14(22(24)25)13(9-15(16)26-2)19(23)28-11-17-20-21-18(29-17)12-7-5-4-6-8-12/h4-10H,3,11H2,1-2H3. The molecule has 0 saturated carbocycles. The predicted octanol–water partition coefficient (Wildman–Crippen LogP) is 3.41. The Morgan fingerprint density at radius 1 is 1.17 bits per heavy atom. The highest BCUT2D eigenvalue weighted by molar-refractivity contribution is 5.95. The van der Waals surface area contributed by atoms with E-state index in [0.29, 0.717) is 5.56 Å². The average molecular weight is 399 g/mol. The molecule has 0 saturated heterocycles. The van der Waals surface area contributed by atoms with Crippen LogP contribution in [0, 0.1) is 10.1 Å². The molecule has 0 bridgehead atoms. The Bertz CT molecular complexity index is 1020. The van der Waals surface area contributed by atoms with Gasteiger partial charge >= 0.3 is 5.97 Å². The molecule has 0 N–H and O–H groups in total. The van der Waals surface area contributed by atoms with Gasteiger partial charge in [-0.15, -0.1) is 10.2 Å². The fourth-order valence-electron chi connectivity index (χ4n) is 2.51. The van der Waals surface area contributed by atoms with Gasteiger partial charge in [-0.05, 0) is 19.1 Å². The summed E-state index contributed by atoms with van der Waals surface area (Å²) in [5.41, 5.74) is -0.0303. The molecule has 2 aromatic carbocycles. The van der Waals surface area contributed by atoms with Gasteiger partial charge in [-0.2, -0.15) is 0 Å². The van der Waals surface area contributed by atoms with E-state index in [0.717, 1.165) is 6.07 Å². The fourth-order valence-corrected chi connectivity index (χ4v) is 2.51. The molecule has 150 valence electrons. The van der Waals surface area contributed by atoms with Gasteiger partial charge in [0.1, 0.15) is 5.56 Å². The summed E-state index contributed by atoms with van der Waals surface area (Å²) in [6, 6.07) is 11.4. The van der Waals surface area contributed by atoms with Gasteiger partial charge in [-0.1, -0.05) is 18.2 Å². The molecule has 10 heteroatoms. The van der Waals surface area contributed by atoms with Gasteiger partial charge in [-0.3, -0.25) is 10.1 Å². The summed E-state index contributed by atoms with van der Waals surface area (Å²) in [6.45, 7) is 1.66. The third-order valence-corrected chi connectivity index (χ3v) is 3.81. The third-order valence-electron chi connectivity index (χ3n) is 3.81. The maximum absolute atomic E-state index is 12.4. The van der Waals surface area contributed by atoms with Crippen molar-refractivity contribution in [1.82, 2.24) is 10.2 Å². The van der Waals surface area contributed by atoms with Gasteiger partial charge in [0, 0.05) is 11.6 Å². The minimum Gasteiger partial charge on any atom is -0.493 e. The first-order valence-corrected chi connectivity index (χ1v) is 8.57. The molecule has 0 aliphatic heterocycles. The summed E-state index contributed by atoms with van der Waals surface area (Å²) in [7, 11) is 1.36. The number of methoxy groups -OCH3 is 1. The van der Waals surface area contributed by atoms with Crippen LogP contribution in [0.15, 0.2) is 46.9 Å². The van der Waals surface area contributed by atoms with Gasteiger partial charge in [0.2, 0.25) is 5.89 Å². The van der Waals surface area contributed by atoms with Crippen LogP contribution >= 0.6 is 0 Å². The molecule has 0 fully saturated rings. The average Bonchev–Trinajstić information content (AvgIpc) is 3.21. The molecular formula is C19H17N3O7. The van der Waals surface area contributed by atoms with Crippen LogP contribution in [0.4, 0.5) is 5.69 Å². The van der Waals surface area contributed by atoms with Crippen molar-refractivity contribution in [3.63, 3.8) is 0 Å². The highest BCUT2D eigenvalue weighted by Crippen LogP contribution is 2.35. The molecule has 0 atom stereocenters. The number of nitro benzene ring substituents is 1. The Labute approximate surface area is 165 Å². The number of carbonyl (C=O) groups excluding carboxylic acids is 1. The van der Waals surface area contributed by atoms with E-state index < -0.39 is 16.6 Å². The minimum absolute atomic E-state index is 0.0535. The lowest BCUT2D eigenvalue weighted by Crippen LogP contribution is -2.10. The SMILES string of the molecule is CCOc1cc([N+](=O)[O-])c(C(=O)OCc2nnc(-c3ccccc3)o2)cc1OC. The number of nitro groups is 1. The van der Waals surface area contributed by atoms with Gasteiger partial charge < -0.3 is 18.6 Å². The summed E-state index contributed by atoms with van der Waals surface area (Å²) < 4.78 is 21.0. The van der Waals surface area contributed by atoms with Crippen LogP contribution in [-0.2, 0) is 11.3 Å². The minimum atomic E-state index is -0.933. The molecule has 3 aromatic rings. The molecule has 0 unspecified atom stereocenters. The second kappa shape index (κ2) is 8.83. The van der Waals surface area contributed by atoms with Crippen LogP contribution in [0.5, 0.6) is 11.5 Å². The molecular weight excluding hydrogens is 382 g/mol. The predicted molar refractivity (Wildman–Crippen MR) is 99.7 cm³/mol. The number of hydrogen-bond acceptors (Lipinski definition) is 9. The Balaban J connectivity index is 1.78. The van der Waals surface area contributed by atoms with E-state index in [2.05, 4.69) is 10.2 Å². The topological polar surface area (TPSA) is 127 Å². The van der Waals surface area contributed by atoms with Crippen LogP contribution in [0.3, 0.4) is 0 Å². The highest BCUT2D eigenvalue weighted by atomic mass is 16.6. The lowest BCUT2D eigenvalue weighted by Gasteiger charge is -2.11. The van der Waals surface area contributed by atoms with Crippen molar-refractivity contribution in [3.05, 3.63) is 64.0 Å². The zero-order valence-electron chi connectivity index (χ0n) is 15.7. The Hall–Kier alpha value is -3.95. The first-order chi connectivity index (χ1) is 14.0. The van der Waals surface area contributed by atoms with E-state index in [1.54, 1.807) is 19.1 Å². The number of ether oxygens (including phenoxy) is 3. The van der Waals surface area contributed by atoms with E-state index in [-0.39, 0.29) is 42.1 Å². The summed E-state index contributed by atoms with van der Waals surface area (Å²) >= 11 is 0. The van der Waals surface area contributed by atoms with Gasteiger partial charge in [0.25, 0.3) is 11.6 Å². The Kier molecular flexibility index (Phi) is 6.03. The lowest BCUT2D eigenvalue weighted by atomic mass is 10.1. The van der Waals surface area contributed by atoms with Crippen molar-refractivity contribution in [2.75, 3.05) is 13.7 Å². The lowest BCUT2D eigenvalue weighted by molar-refractivity contribution is -0.385. The number of carbonyl (C=O) groups is 1.